The fraction of sp³-hybridized carbons (Fsp3) is 1.00. The highest BCUT2D eigenvalue weighted by molar-refractivity contribution is 4.93. The van der Waals surface area contributed by atoms with E-state index in [9.17, 15) is 0 Å². The Hall–Kier alpha value is -0.200. The van der Waals surface area contributed by atoms with Crippen LogP contribution in [0.4, 0.5) is 0 Å². The van der Waals surface area contributed by atoms with Crippen molar-refractivity contribution in [2.45, 2.75) is 32.4 Å². The smallest absolute Gasteiger partial charge is 0.0650 e. The van der Waals surface area contributed by atoms with Crippen molar-refractivity contribution in [2.24, 2.45) is 5.84 Å². The first-order chi connectivity index (χ1) is 7.62. The number of morpholine rings is 1. The number of nitrogens with two attached hydrogens (primary N) is 1. The summed E-state index contributed by atoms with van der Waals surface area (Å²) in [4.78, 5) is 2.40. The molecule has 96 valence electrons. The molecule has 0 aromatic heterocycles. The predicted molar refractivity (Wildman–Crippen MR) is 64.1 cm³/mol. The summed E-state index contributed by atoms with van der Waals surface area (Å²) in [5.74, 6) is 5.62. The molecular weight excluding hydrogens is 206 g/mol. The lowest BCUT2D eigenvalue weighted by Crippen LogP contribution is -2.63. The second-order valence-electron chi connectivity index (χ2n) is 4.63. The summed E-state index contributed by atoms with van der Waals surface area (Å²) in [6.45, 7) is 11.3. The zero-order chi connectivity index (χ0) is 12.0. The molecule has 0 aromatic carbocycles. The third kappa shape index (κ3) is 3.40. The number of nitrogens with zero attached hydrogens (tertiary/aromatic N) is 1. The predicted octanol–water partition coefficient (Wildman–Crippen LogP) is -0.0344. The third-order valence-corrected chi connectivity index (χ3v) is 3.37. The van der Waals surface area contributed by atoms with E-state index in [0.717, 1.165) is 32.9 Å². The monoisotopic (exact) mass is 231 g/mol. The number of nitrogens with one attached hydrogen (secondary N) is 1. The quantitative estimate of drug-likeness (QED) is 0.496. The summed E-state index contributed by atoms with van der Waals surface area (Å²) < 4.78 is 10.8. The van der Waals surface area contributed by atoms with Crippen LogP contribution in [0.3, 0.4) is 0 Å². The van der Waals surface area contributed by atoms with Gasteiger partial charge in [-0.2, -0.15) is 0 Å². The van der Waals surface area contributed by atoms with E-state index in [0.29, 0.717) is 6.61 Å². The Bertz CT molecular complexity index is 194. The second-order valence-corrected chi connectivity index (χ2v) is 4.63. The van der Waals surface area contributed by atoms with Gasteiger partial charge in [0.2, 0.25) is 0 Å². The van der Waals surface area contributed by atoms with Crippen LogP contribution in [0.1, 0.15) is 20.8 Å². The minimum absolute atomic E-state index is 0.0201. The van der Waals surface area contributed by atoms with E-state index in [1.54, 1.807) is 0 Å². The molecule has 16 heavy (non-hydrogen) atoms. The standard InChI is InChI=1S/C11H25N3O2/c1-4-15-9-10(13-12)11(2,3)14-5-7-16-8-6-14/h10,13H,4-9,12H2,1-3H3. The van der Waals surface area contributed by atoms with Gasteiger partial charge >= 0.3 is 0 Å². The maximum atomic E-state index is 5.62. The van der Waals surface area contributed by atoms with Crippen LogP contribution in [0.2, 0.25) is 0 Å². The van der Waals surface area contributed by atoms with Crippen molar-refractivity contribution in [3.63, 3.8) is 0 Å². The van der Waals surface area contributed by atoms with E-state index in [2.05, 4.69) is 24.2 Å². The van der Waals surface area contributed by atoms with E-state index in [1.165, 1.54) is 0 Å². The van der Waals surface area contributed by atoms with E-state index < -0.39 is 0 Å². The Balaban J connectivity index is 2.56. The lowest BCUT2D eigenvalue weighted by Gasteiger charge is -2.45. The van der Waals surface area contributed by atoms with E-state index in [4.69, 9.17) is 15.3 Å². The van der Waals surface area contributed by atoms with Gasteiger partial charge in [0.15, 0.2) is 0 Å². The second kappa shape index (κ2) is 6.51. The summed E-state index contributed by atoms with van der Waals surface area (Å²) >= 11 is 0. The molecule has 1 aliphatic rings. The highest BCUT2D eigenvalue weighted by Crippen LogP contribution is 2.20. The molecule has 0 aromatic rings. The molecule has 5 nitrogen and oxygen atoms in total. The van der Waals surface area contributed by atoms with Gasteiger partial charge in [0.25, 0.3) is 0 Å². The fourth-order valence-corrected chi connectivity index (χ4v) is 2.05. The zero-order valence-corrected chi connectivity index (χ0v) is 10.7. The van der Waals surface area contributed by atoms with Crippen molar-refractivity contribution < 1.29 is 9.47 Å². The molecule has 1 aliphatic heterocycles. The van der Waals surface area contributed by atoms with E-state index >= 15 is 0 Å². The van der Waals surface area contributed by atoms with Crippen LogP contribution >= 0.6 is 0 Å². The van der Waals surface area contributed by atoms with Crippen molar-refractivity contribution in [3.8, 4) is 0 Å². The molecule has 0 bridgehead atoms. The van der Waals surface area contributed by atoms with Crippen LogP contribution in [-0.2, 0) is 9.47 Å². The van der Waals surface area contributed by atoms with Crippen molar-refractivity contribution in [3.05, 3.63) is 0 Å². The fourth-order valence-electron chi connectivity index (χ4n) is 2.05. The highest BCUT2D eigenvalue weighted by Gasteiger charge is 2.35. The highest BCUT2D eigenvalue weighted by atomic mass is 16.5. The van der Waals surface area contributed by atoms with Gasteiger partial charge in [0.05, 0.1) is 25.9 Å². The van der Waals surface area contributed by atoms with Crippen LogP contribution < -0.4 is 11.3 Å². The van der Waals surface area contributed by atoms with Crippen LogP contribution in [0.25, 0.3) is 0 Å². The van der Waals surface area contributed by atoms with Crippen LogP contribution in [0.5, 0.6) is 0 Å². The summed E-state index contributed by atoms with van der Waals surface area (Å²) in [5, 5.41) is 0. The molecule has 3 N–H and O–H groups in total. The summed E-state index contributed by atoms with van der Waals surface area (Å²) in [6, 6.07) is 0.130. The zero-order valence-electron chi connectivity index (χ0n) is 10.7. The molecule has 1 unspecified atom stereocenters. The molecule has 0 radical (unpaired) electrons. The largest absolute Gasteiger partial charge is 0.380 e. The molecule has 1 fully saturated rings. The van der Waals surface area contributed by atoms with Gasteiger partial charge < -0.3 is 9.47 Å². The topological polar surface area (TPSA) is 59.8 Å². The van der Waals surface area contributed by atoms with Crippen molar-refractivity contribution in [1.29, 1.82) is 0 Å². The molecule has 5 heteroatoms. The third-order valence-electron chi connectivity index (χ3n) is 3.37. The Morgan fingerprint density at radius 3 is 2.56 bits per heavy atom. The van der Waals surface area contributed by atoms with Crippen LogP contribution in [0, 0.1) is 0 Å². The van der Waals surface area contributed by atoms with Gasteiger partial charge in [-0.05, 0) is 20.8 Å². The van der Waals surface area contributed by atoms with Crippen molar-refractivity contribution in [1.82, 2.24) is 10.3 Å². The SMILES string of the molecule is CCOCC(NN)C(C)(C)N1CCOCC1. The Morgan fingerprint density at radius 2 is 2.06 bits per heavy atom. The summed E-state index contributed by atoms with van der Waals surface area (Å²) in [6.07, 6.45) is 0. The summed E-state index contributed by atoms with van der Waals surface area (Å²) in [5.41, 5.74) is 2.85. The molecular formula is C11H25N3O2. The molecule has 1 heterocycles. The number of hydrogen-bond donors (Lipinski definition) is 2. The maximum Gasteiger partial charge on any atom is 0.0650 e. The first kappa shape index (κ1) is 13.9. The minimum Gasteiger partial charge on any atom is -0.380 e. The minimum atomic E-state index is -0.0201. The van der Waals surface area contributed by atoms with Gasteiger partial charge in [-0.1, -0.05) is 0 Å². The molecule has 1 rings (SSSR count). The van der Waals surface area contributed by atoms with Crippen molar-refractivity contribution in [2.75, 3.05) is 39.5 Å². The first-order valence-corrected chi connectivity index (χ1v) is 5.99. The van der Waals surface area contributed by atoms with Crippen LogP contribution in [0.15, 0.2) is 0 Å². The molecule has 0 aliphatic carbocycles. The van der Waals surface area contributed by atoms with Crippen LogP contribution in [-0.4, -0.2) is 56.0 Å². The summed E-state index contributed by atoms with van der Waals surface area (Å²) in [7, 11) is 0. The maximum absolute atomic E-state index is 5.62. The van der Waals surface area contributed by atoms with Gasteiger partial charge in [-0.15, -0.1) is 0 Å². The molecule has 0 amide bonds. The molecule has 0 saturated carbocycles. The number of hydrazine groups is 1. The average Bonchev–Trinajstić information content (AvgIpc) is 2.31. The molecule has 0 spiro atoms. The van der Waals surface area contributed by atoms with E-state index in [-0.39, 0.29) is 11.6 Å². The lowest BCUT2D eigenvalue weighted by molar-refractivity contribution is -0.0367. The Kier molecular flexibility index (Phi) is 5.64. The van der Waals surface area contributed by atoms with Gasteiger partial charge in [0, 0.05) is 25.2 Å². The normalized spacial score (nSPS) is 21.0. The molecule has 1 saturated heterocycles. The average molecular weight is 231 g/mol. The van der Waals surface area contributed by atoms with Gasteiger partial charge in [-0.3, -0.25) is 16.2 Å². The first-order valence-electron chi connectivity index (χ1n) is 5.99. The lowest BCUT2D eigenvalue weighted by atomic mass is 9.92. The van der Waals surface area contributed by atoms with Gasteiger partial charge in [0.1, 0.15) is 0 Å². The van der Waals surface area contributed by atoms with Gasteiger partial charge in [-0.25, -0.2) is 0 Å². The molecule has 1 atom stereocenters. The number of ether oxygens (including phenoxy) is 2. The number of rotatable bonds is 6. The number of hydrogen-bond acceptors (Lipinski definition) is 5. The van der Waals surface area contributed by atoms with E-state index in [1.807, 2.05) is 6.92 Å². The Labute approximate surface area is 98.2 Å². The van der Waals surface area contributed by atoms with Crippen molar-refractivity contribution >= 4 is 0 Å². The Morgan fingerprint density at radius 1 is 1.44 bits per heavy atom.